The maximum Gasteiger partial charge on any atom is 0.272 e. The van der Waals surface area contributed by atoms with Gasteiger partial charge in [-0.15, -0.1) is 0 Å². The summed E-state index contributed by atoms with van der Waals surface area (Å²) in [5, 5.41) is 10.5. The molecule has 6 heteroatoms. The summed E-state index contributed by atoms with van der Waals surface area (Å²) < 4.78 is 19.2. The average Bonchev–Trinajstić information content (AvgIpc) is 2.31. The largest absolute Gasteiger partial charge is 0.486 e. The van der Waals surface area contributed by atoms with Gasteiger partial charge in [-0.1, -0.05) is 0 Å². The summed E-state index contributed by atoms with van der Waals surface area (Å²) in [6, 6.07) is 3.47. The van der Waals surface area contributed by atoms with Gasteiger partial charge in [-0.2, -0.15) is 0 Å². The molecule has 1 saturated heterocycles. The fraction of sp³-hybridized carbons (Fsp3) is 0.500. The molecule has 1 aromatic carbocycles. The number of hydrogen-bond acceptors (Lipinski definition) is 4. The van der Waals surface area contributed by atoms with E-state index in [0.717, 1.165) is 32.0 Å². The lowest BCUT2D eigenvalue weighted by Gasteiger charge is -2.30. The smallest absolute Gasteiger partial charge is 0.272 e. The van der Waals surface area contributed by atoms with Gasteiger partial charge in [-0.25, -0.2) is 4.39 Å². The van der Waals surface area contributed by atoms with E-state index in [-0.39, 0.29) is 17.5 Å². The van der Waals surface area contributed by atoms with Gasteiger partial charge < -0.3 is 9.64 Å². The minimum Gasteiger partial charge on any atom is -0.486 e. The van der Waals surface area contributed by atoms with Gasteiger partial charge in [0.1, 0.15) is 6.10 Å². The molecule has 1 aromatic rings. The van der Waals surface area contributed by atoms with E-state index in [2.05, 4.69) is 4.90 Å². The molecule has 1 aliphatic heterocycles. The number of benzene rings is 1. The fourth-order valence-corrected chi connectivity index (χ4v) is 2.09. The van der Waals surface area contributed by atoms with E-state index in [0.29, 0.717) is 0 Å². The summed E-state index contributed by atoms with van der Waals surface area (Å²) in [7, 11) is 1.99. The van der Waals surface area contributed by atoms with Crippen molar-refractivity contribution in [2.45, 2.75) is 18.9 Å². The van der Waals surface area contributed by atoms with E-state index >= 15 is 0 Å². The number of piperidine rings is 1. The zero-order valence-electron chi connectivity index (χ0n) is 10.1. The predicted molar refractivity (Wildman–Crippen MR) is 64.2 cm³/mol. The molecule has 1 fully saturated rings. The molecule has 0 spiro atoms. The fourth-order valence-electron chi connectivity index (χ4n) is 2.09. The average molecular weight is 254 g/mol. The van der Waals surface area contributed by atoms with Crippen molar-refractivity contribution in [3.8, 4) is 5.75 Å². The van der Waals surface area contributed by atoms with Crippen LogP contribution in [0.5, 0.6) is 5.75 Å². The summed E-state index contributed by atoms with van der Waals surface area (Å²) in [4.78, 5) is 12.0. The van der Waals surface area contributed by atoms with E-state index < -0.39 is 10.7 Å². The SMILES string of the molecule is CN1CCCC(Oc2ccc([N+](=O)[O-])cc2F)C1. The monoisotopic (exact) mass is 254 g/mol. The van der Waals surface area contributed by atoms with Crippen LogP contribution in [0.1, 0.15) is 12.8 Å². The molecule has 1 atom stereocenters. The molecule has 1 unspecified atom stereocenters. The van der Waals surface area contributed by atoms with Crippen molar-refractivity contribution in [1.29, 1.82) is 0 Å². The molecule has 0 amide bonds. The van der Waals surface area contributed by atoms with E-state index in [9.17, 15) is 14.5 Å². The van der Waals surface area contributed by atoms with Gasteiger partial charge in [0.25, 0.3) is 5.69 Å². The molecule has 2 rings (SSSR count). The van der Waals surface area contributed by atoms with Crippen LogP contribution in [-0.4, -0.2) is 36.1 Å². The third-order valence-electron chi connectivity index (χ3n) is 3.00. The lowest BCUT2D eigenvalue weighted by atomic mass is 10.1. The van der Waals surface area contributed by atoms with Crippen LogP contribution in [0.3, 0.4) is 0 Å². The Kier molecular flexibility index (Phi) is 3.76. The number of halogens is 1. The molecule has 0 bridgehead atoms. The highest BCUT2D eigenvalue weighted by Crippen LogP contribution is 2.25. The van der Waals surface area contributed by atoms with Crippen LogP contribution in [0, 0.1) is 15.9 Å². The lowest BCUT2D eigenvalue weighted by Crippen LogP contribution is -2.38. The Morgan fingerprint density at radius 2 is 2.33 bits per heavy atom. The van der Waals surface area contributed by atoms with Crippen LogP contribution in [0.4, 0.5) is 10.1 Å². The number of nitrogens with zero attached hydrogens (tertiary/aromatic N) is 2. The van der Waals surface area contributed by atoms with E-state index in [1.54, 1.807) is 0 Å². The topological polar surface area (TPSA) is 55.6 Å². The van der Waals surface area contributed by atoms with Gasteiger partial charge >= 0.3 is 0 Å². The quantitative estimate of drug-likeness (QED) is 0.613. The number of rotatable bonds is 3. The molecular weight excluding hydrogens is 239 g/mol. The summed E-state index contributed by atoms with van der Waals surface area (Å²) >= 11 is 0. The van der Waals surface area contributed by atoms with Gasteiger partial charge in [0.2, 0.25) is 0 Å². The summed E-state index contributed by atoms with van der Waals surface area (Å²) in [5.41, 5.74) is -0.263. The Labute approximate surface area is 104 Å². The first-order chi connectivity index (χ1) is 8.56. The van der Waals surface area contributed by atoms with Crippen molar-refractivity contribution in [3.05, 3.63) is 34.1 Å². The summed E-state index contributed by atoms with van der Waals surface area (Å²) in [6.07, 6.45) is 1.83. The second kappa shape index (κ2) is 5.30. The van der Waals surface area contributed by atoms with Crippen molar-refractivity contribution < 1.29 is 14.1 Å². The molecule has 0 saturated carbocycles. The standard InChI is InChI=1S/C12H15FN2O3/c1-14-6-2-3-10(8-14)18-12-5-4-9(15(16)17)7-11(12)13/h4-5,7,10H,2-3,6,8H2,1H3. The summed E-state index contributed by atoms with van der Waals surface area (Å²) in [5.74, 6) is -0.599. The molecule has 18 heavy (non-hydrogen) atoms. The van der Waals surface area contributed by atoms with Crippen molar-refractivity contribution in [1.82, 2.24) is 4.90 Å². The predicted octanol–water partition coefficient (Wildman–Crippen LogP) is 2.21. The van der Waals surface area contributed by atoms with Crippen molar-refractivity contribution in [2.24, 2.45) is 0 Å². The highest BCUT2D eigenvalue weighted by molar-refractivity contribution is 5.37. The van der Waals surface area contributed by atoms with Crippen LogP contribution in [0.15, 0.2) is 18.2 Å². The molecule has 1 heterocycles. The molecule has 5 nitrogen and oxygen atoms in total. The Hall–Kier alpha value is -1.69. The Morgan fingerprint density at radius 1 is 1.56 bits per heavy atom. The Balaban J connectivity index is 2.07. The number of likely N-dealkylation sites (N-methyl/N-ethyl adjacent to an activating group) is 1. The highest BCUT2D eigenvalue weighted by Gasteiger charge is 2.20. The van der Waals surface area contributed by atoms with Gasteiger partial charge in [0, 0.05) is 12.6 Å². The summed E-state index contributed by atoms with van der Waals surface area (Å²) in [6.45, 7) is 1.76. The lowest BCUT2D eigenvalue weighted by molar-refractivity contribution is -0.385. The number of hydrogen-bond donors (Lipinski definition) is 0. The van der Waals surface area contributed by atoms with E-state index in [1.807, 2.05) is 7.05 Å². The molecule has 98 valence electrons. The van der Waals surface area contributed by atoms with Gasteiger partial charge in [-0.3, -0.25) is 10.1 Å². The maximum absolute atomic E-state index is 13.6. The minimum atomic E-state index is -0.683. The zero-order valence-corrected chi connectivity index (χ0v) is 10.1. The number of likely N-dealkylation sites (tertiary alicyclic amines) is 1. The van der Waals surface area contributed by atoms with Gasteiger partial charge in [-0.05, 0) is 32.5 Å². The number of ether oxygens (including phenoxy) is 1. The molecule has 0 aliphatic carbocycles. The number of nitro groups is 1. The first kappa shape index (κ1) is 12.8. The van der Waals surface area contributed by atoms with Crippen molar-refractivity contribution in [3.63, 3.8) is 0 Å². The van der Waals surface area contributed by atoms with Crippen molar-refractivity contribution in [2.75, 3.05) is 20.1 Å². The van der Waals surface area contributed by atoms with Crippen LogP contribution >= 0.6 is 0 Å². The molecular formula is C12H15FN2O3. The molecule has 0 N–H and O–H groups in total. The maximum atomic E-state index is 13.6. The third kappa shape index (κ3) is 2.95. The number of non-ortho nitro benzene ring substituents is 1. The van der Waals surface area contributed by atoms with Crippen LogP contribution < -0.4 is 4.74 Å². The molecule has 1 aliphatic rings. The third-order valence-corrected chi connectivity index (χ3v) is 3.00. The number of nitro benzene ring substituents is 1. The van der Waals surface area contributed by atoms with Crippen LogP contribution in [0.25, 0.3) is 0 Å². The van der Waals surface area contributed by atoms with Gasteiger partial charge in [0.05, 0.1) is 11.0 Å². The normalized spacial score (nSPS) is 20.7. The zero-order chi connectivity index (χ0) is 13.1. The Morgan fingerprint density at radius 3 is 2.94 bits per heavy atom. The first-order valence-electron chi connectivity index (χ1n) is 5.85. The van der Waals surface area contributed by atoms with E-state index in [4.69, 9.17) is 4.74 Å². The van der Waals surface area contributed by atoms with Gasteiger partial charge in [0.15, 0.2) is 11.6 Å². The first-order valence-corrected chi connectivity index (χ1v) is 5.85. The Bertz CT molecular complexity index is 453. The minimum absolute atomic E-state index is 0.0558. The second-order valence-corrected chi connectivity index (χ2v) is 4.52. The molecule has 0 aromatic heterocycles. The van der Waals surface area contributed by atoms with Crippen LogP contribution in [0.2, 0.25) is 0 Å². The second-order valence-electron chi connectivity index (χ2n) is 4.52. The molecule has 0 radical (unpaired) electrons. The van der Waals surface area contributed by atoms with E-state index in [1.165, 1.54) is 12.1 Å². The van der Waals surface area contributed by atoms with Crippen molar-refractivity contribution >= 4 is 5.69 Å². The van der Waals surface area contributed by atoms with Crippen LogP contribution in [-0.2, 0) is 0 Å². The highest BCUT2D eigenvalue weighted by atomic mass is 19.1.